The van der Waals surface area contributed by atoms with Crippen LogP contribution in [-0.4, -0.2) is 26.4 Å². The monoisotopic (exact) mass is 478 g/mol. The van der Waals surface area contributed by atoms with Crippen LogP contribution >= 0.6 is 0 Å². The van der Waals surface area contributed by atoms with Gasteiger partial charge in [0.1, 0.15) is 23.0 Å². The van der Waals surface area contributed by atoms with Crippen LogP contribution < -0.4 is 14.2 Å². The minimum atomic E-state index is 0.0123. The molecular formula is C32H30O4. The van der Waals surface area contributed by atoms with E-state index in [-0.39, 0.29) is 5.41 Å². The van der Waals surface area contributed by atoms with E-state index in [1.807, 2.05) is 24.3 Å². The van der Waals surface area contributed by atoms with Gasteiger partial charge in [0.25, 0.3) is 0 Å². The molecule has 0 aliphatic heterocycles. The highest BCUT2D eigenvalue weighted by atomic mass is 16.5. The topological polar surface area (TPSA) is 47.9 Å². The van der Waals surface area contributed by atoms with E-state index >= 15 is 0 Å². The molecule has 1 spiro atoms. The van der Waals surface area contributed by atoms with Crippen LogP contribution in [0.5, 0.6) is 23.0 Å². The molecule has 2 bridgehead atoms. The van der Waals surface area contributed by atoms with Gasteiger partial charge in [0.15, 0.2) is 0 Å². The van der Waals surface area contributed by atoms with Crippen molar-refractivity contribution in [1.82, 2.24) is 0 Å². The number of rotatable bonds is 4. The van der Waals surface area contributed by atoms with Crippen LogP contribution in [-0.2, 0) is 5.41 Å². The van der Waals surface area contributed by atoms with Crippen LogP contribution in [0.1, 0.15) is 36.8 Å². The van der Waals surface area contributed by atoms with E-state index in [9.17, 15) is 5.11 Å². The largest absolute Gasteiger partial charge is 0.507 e. The Morgan fingerprint density at radius 3 is 2.28 bits per heavy atom. The van der Waals surface area contributed by atoms with Crippen LogP contribution in [0.3, 0.4) is 0 Å². The van der Waals surface area contributed by atoms with E-state index in [0.29, 0.717) is 23.2 Å². The summed E-state index contributed by atoms with van der Waals surface area (Å²) in [4.78, 5) is 0. The zero-order valence-corrected chi connectivity index (χ0v) is 20.9. The van der Waals surface area contributed by atoms with E-state index < -0.39 is 0 Å². The number of ether oxygens (including phenoxy) is 3. The number of methoxy groups -OCH3 is 3. The molecule has 4 nitrogen and oxygen atoms in total. The average Bonchev–Trinajstić information content (AvgIpc) is 3.61. The third-order valence-electron chi connectivity index (χ3n) is 9.14. The van der Waals surface area contributed by atoms with E-state index in [4.69, 9.17) is 14.2 Å². The second-order valence-electron chi connectivity index (χ2n) is 10.6. The van der Waals surface area contributed by atoms with Gasteiger partial charge in [-0.25, -0.2) is 0 Å². The number of hydrogen-bond donors (Lipinski definition) is 1. The Morgan fingerprint density at radius 2 is 1.56 bits per heavy atom. The lowest BCUT2D eigenvalue weighted by Gasteiger charge is -2.36. The van der Waals surface area contributed by atoms with Crippen molar-refractivity contribution in [1.29, 1.82) is 0 Å². The van der Waals surface area contributed by atoms with Crippen molar-refractivity contribution < 1.29 is 19.3 Å². The van der Waals surface area contributed by atoms with Crippen molar-refractivity contribution >= 4 is 10.8 Å². The van der Waals surface area contributed by atoms with Crippen molar-refractivity contribution in [2.45, 2.75) is 31.1 Å². The van der Waals surface area contributed by atoms with Gasteiger partial charge in [0.2, 0.25) is 0 Å². The number of phenols is 1. The normalized spacial score (nSPS) is 23.2. The van der Waals surface area contributed by atoms with Crippen molar-refractivity contribution in [2.75, 3.05) is 21.3 Å². The predicted molar refractivity (Wildman–Crippen MR) is 142 cm³/mol. The summed E-state index contributed by atoms with van der Waals surface area (Å²) in [6.07, 6.45) is 5.08. The summed E-state index contributed by atoms with van der Waals surface area (Å²) in [6, 6.07) is 21.0. The molecule has 2 fully saturated rings. The Hall–Kier alpha value is -3.66. The molecule has 3 aliphatic carbocycles. The molecule has 0 heterocycles. The second kappa shape index (κ2) is 7.67. The van der Waals surface area contributed by atoms with Crippen LogP contribution in [0.15, 0.2) is 60.7 Å². The van der Waals surface area contributed by atoms with Crippen molar-refractivity contribution in [3.05, 3.63) is 71.8 Å². The van der Waals surface area contributed by atoms with Gasteiger partial charge in [-0.3, -0.25) is 0 Å². The Balaban J connectivity index is 1.55. The highest BCUT2D eigenvalue weighted by molar-refractivity contribution is 6.08. The van der Waals surface area contributed by atoms with Crippen LogP contribution in [0.4, 0.5) is 0 Å². The van der Waals surface area contributed by atoms with Gasteiger partial charge in [-0.05, 0) is 89.1 Å². The van der Waals surface area contributed by atoms with Crippen molar-refractivity contribution in [2.24, 2.45) is 11.8 Å². The van der Waals surface area contributed by atoms with Crippen LogP contribution in [0.2, 0.25) is 0 Å². The maximum absolute atomic E-state index is 11.4. The fourth-order valence-corrected chi connectivity index (χ4v) is 7.70. The van der Waals surface area contributed by atoms with Crippen molar-refractivity contribution in [3.8, 4) is 45.3 Å². The molecule has 3 unspecified atom stereocenters. The van der Waals surface area contributed by atoms with Gasteiger partial charge in [-0.1, -0.05) is 30.7 Å². The highest BCUT2D eigenvalue weighted by Crippen LogP contribution is 2.67. The van der Waals surface area contributed by atoms with Gasteiger partial charge in [0.05, 0.1) is 21.3 Å². The summed E-state index contributed by atoms with van der Waals surface area (Å²) in [6.45, 7) is 0. The third kappa shape index (κ3) is 2.70. The average molecular weight is 479 g/mol. The van der Waals surface area contributed by atoms with Crippen LogP contribution in [0.25, 0.3) is 33.0 Å². The Kier molecular flexibility index (Phi) is 4.60. The smallest absolute Gasteiger partial charge is 0.130 e. The molecule has 0 aromatic heterocycles. The molecule has 0 saturated heterocycles. The number of hydrogen-bond acceptors (Lipinski definition) is 4. The fraction of sp³-hybridized carbons (Fsp3) is 0.312. The summed E-state index contributed by atoms with van der Waals surface area (Å²) in [5, 5.41) is 13.3. The SMILES string of the molecule is COc1ccc(-c2cc3c4c(cc(O)c3cc2OC)C2(CC3CCC2C3)c2ccccc2-4)c(OC)c1. The molecule has 3 atom stereocenters. The predicted octanol–water partition coefficient (Wildman–Crippen LogP) is 7.32. The Morgan fingerprint density at radius 1 is 0.750 bits per heavy atom. The number of aromatic hydroxyl groups is 1. The third-order valence-corrected chi connectivity index (χ3v) is 9.14. The molecule has 1 N–H and O–H groups in total. The molecule has 2 saturated carbocycles. The van der Waals surface area contributed by atoms with Gasteiger partial charge < -0.3 is 19.3 Å². The summed E-state index contributed by atoms with van der Waals surface area (Å²) < 4.78 is 17.0. The molecule has 36 heavy (non-hydrogen) atoms. The molecule has 182 valence electrons. The number of benzene rings is 4. The first kappa shape index (κ1) is 21.6. The van der Waals surface area contributed by atoms with Gasteiger partial charge in [-0.15, -0.1) is 0 Å². The molecule has 7 rings (SSSR count). The number of fused-ring (bicyclic) bond motifs is 10. The first-order chi connectivity index (χ1) is 17.6. The van der Waals surface area contributed by atoms with E-state index in [0.717, 1.165) is 33.6 Å². The molecule has 0 radical (unpaired) electrons. The summed E-state index contributed by atoms with van der Waals surface area (Å²) >= 11 is 0. The lowest BCUT2D eigenvalue weighted by Crippen LogP contribution is -2.31. The molecule has 3 aliphatic rings. The molecule has 4 heteroatoms. The zero-order chi connectivity index (χ0) is 24.6. The Labute approximate surface area is 211 Å². The maximum Gasteiger partial charge on any atom is 0.130 e. The summed E-state index contributed by atoms with van der Waals surface area (Å²) in [7, 11) is 5.00. The van der Waals surface area contributed by atoms with Crippen molar-refractivity contribution in [3.63, 3.8) is 0 Å². The van der Waals surface area contributed by atoms with E-state index in [1.165, 1.54) is 47.9 Å². The van der Waals surface area contributed by atoms with E-state index in [1.54, 1.807) is 21.3 Å². The number of phenolic OH excluding ortho intramolecular Hbond substituents is 1. The molecule has 4 aromatic rings. The summed E-state index contributed by atoms with van der Waals surface area (Å²) in [5.74, 6) is 3.89. The van der Waals surface area contributed by atoms with E-state index in [2.05, 4.69) is 36.4 Å². The zero-order valence-electron chi connectivity index (χ0n) is 20.9. The van der Waals surface area contributed by atoms with Gasteiger partial charge in [0, 0.05) is 28.0 Å². The molecule has 4 aromatic carbocycles. The van der Waals surface area contributed by atoms with Gasteiger partial charge >= 0.3 is 0 Å². The maximum atomic E-state index is 11.4. The van der Waals surface area contributed by atoms with Crippen LogP contribution in [0, 0.1) is 11.8 Å². The van der Waals surface area contributed by atoms with Gasteiger partial charge in [-0.2, -0.15) is 0 Å². The minimum absolute atomic E-state index is 0.0123. The highest BCUT2D eigenvalue weighted by Gasteiger charge is 2.57. The molecule has 0 amide bonds. The minimum Gasteiger partial charge on any atom is -0.507 e. The summed E-state index contributed by atoms with van der Waals surface area (Å²) in [5.41, 5.74) is 7.19. The lowest BCUT2D eigenvalue weighted by atomic mass is 9.66. The first-order valence-corrected chi connectivity index (χ1v) is 12.8. The quantitative estimate of drug-likeness (QED) is 0.334. The first-order valence-electron chi connectivity index (χ1n) is 12.8. The molecular weight excluding hydrogens is 448 g/mol. The Bertz CT molecular complexity index is 1540. The lowest BCUT2D eigenvalue weighted by molar-refractivity contribution is 0.326. The second-order valence-corrected chi connectivity index (χ2v) is 10.6. The standard InChI is InChI=1S/C32H30O4/c1-34-20-10-11-21(29(13-20)35-2)24-14-25-23(15-30(24)36-3)28(33)16-27-31(25)22-6-4-5-7-26(22)32(27)17-18-8-9-19(32)12-18/h4-7,10-11,13-16,18-19,33H,8-9,12,17H2,1-3H3. The fourth-order valence-electron chi connectivity index (χ4n) is 7.70.